The van der Waals surface area contributed by atoms with Crippen LogP contribution < -0.4 is 0 Å². The van der Waals surface area contributed by atoms with E-state index in [1.807, 2.05) is 6.92 Å². The third-order valence-corrected chi connectivity index (χ3v) is 5.50. The summed E-state index contributed by atoms with van der Waals surface area (Å²) in [5.74, 6) is -1.47. The van der Waals surface area contributed by atoms with Gasteiger partial charge in [0.15, 0.2) is 5.78 Å². The molecule has 0 aromatic carbocycles. The lowest BCUT2D eigenvalue weighted by atomic mass is 9.67. The molecule has 0 radical (unpaired) electrons. The Kier molecular flexibility index (Phi) is 3.40. The molecule has 0 amide bonds. The van der Waals surface area contributed by atoms with Crippen LogP contribution in [0.2, 0.25) is 0 Å². The van der Waals surface area contributed by atoms with Gasteiger partial charge in [0, 0.05) is 11.8 Å². The molecule has 1 unspecified atom stereocenters. The minimum absolute atomic E-state index is 0.0344. The summed E-state index contributed by atoms with van der Waals surface area (Å²) in [6, 6.07) is 0. The van der Waals surface area contributed by atoms with Gasteiger partial charge in [0.25, 0.3) is 0 Å². The van der Waals surface area contributed by atoms with Crippen LogP contribution in [0.15, 0.2) is 11.1 Å². The molecule has 1 spiro atoms. The van der Waals surface area contributed by atoms with E-state index in [9.17, 15) is 14.4 Å². The molecule has 6 heteroatoms. The third-order valence-electron chi connectivity index (χ3n) is 5.50. The molecular formula is C16H20O6. The van der Waals surface area contributed by atoms with E-state index < -0.39 is 23.6 Å². The second-order valence-electron chi connectivity index (χ2n) is 6.48. The molecule has 0 N–H and O–H groups in total. The lowest BCUT2D eigenvalue weighted by Crippen LogP contribution is -2.45. The maximum absolute atomic E-state index is 12.4. The van der Waals surface area contributed by atoms with Gasteiger partial charge in [0.2, 0.25) is 0 Å². The summed E-state index contributed by atoms with van der Waals surface area (Å²) in [5, 5.41) is 0. The number of hydrogen-bond donors (Lipinski definition) is 0. The molecule has 3 rings (SSSR count). The first-order chi connectivity index (χ1) is 10.4. The van der Waals surface area contributed by atoms with Gasteiger partial charge < -0.3 is 14.2 Å². The highest BCUT2D eigenvalue weighted by atomic mass is 16.6. The summed E-state index contributed by atoms with van der Waals surface area (Å²) in [4.78, 5) is 37.0. The van der Waals surface area contributed by atoms with Gasteiger partial charge in [-0.15, -0.1) is 0 Å². The molecule has 2 bridgehead atoms. The summed E-state index contributed by atoms with van der Waals surface area (Å²) in [7, 11) is 2.50. The van der Waals surface area contributed by atoms with Crippen molar-refractivity contribution < 1.29 is 28.6 Å². The maximum Gasteiger partial charge on any atom is 0.337 e. The molecule has 3 atom stereocenters. The zero-order valence-electron chi connectivity index (χ0n) is 13.1. The number of hydrogen-bond acceptors (Lipinski definition) is 6. The largest absolute Gasteiger partial charge is 0.466 e. The third kappa shape index (κ3) is 1.73. The molecule has 120 valence electrons. The van der Waals surface area contributed by atoms with Crippen LogP contribution in [0, 0.1) is 5.41 Å². The minimum atomic E-state index is -1.01. The molecule has 1 aliphatic carbocycles. The normalized spacial score (nSPS) is 36.9. The van der Waals surface area contributed by atoms with Crippen molar-refractivity contribution in [1.82, 2.24) is 0 Å². The zero-order chi connectivity index (χ0) is 16.1. The Morgan fingerprint density at radius 1 is 1.14 bits per heavy atom. The van der Waals surface area contributed by atoms with E-state index in [1.54, 1.807) is 0 Å². The van der Waals surface area contributed by atoms with E-state index in [4.69, 9.17) is 14.2 Å². The van der Waals surface area contributed by atoms with E-state index in [2.05, 4.69) is 0 Å². The quantitative estimate of drug-likeness (QED) is 0.716. The Hall–Kier alpha value is -1.69. The van der Waals surface area contributed by atoms with Crippen LogP contribution in [0.25, 0.3) is 0 Å². The Bertz CT molecular complexity index is 591. The number of esters is 2. The van der Waals surface area contributed by atoms with Crippen molar-refractivity contribution in [2.75, 3.05) is 14.2 Å². The lowest BCUT2D eigenvalue weighted by Gasteiger charge is -2.40. The average molecular weight is 308 g/mol. The second kappa shape index (κ2) is 4.91. The lowest BCUT2D eigenvalue weighted by molar-refractivity contribution is -0.146. The van der Waals surface area contributed by atoms with Crippen molar-refractivity contribution >= 4 is 17.7 Å². The number of carbonyl (C=O) groups is 3. The standard InChI is InChI=1S/C16H20O6/c1-15-6-4-7-16(15)11(14(19)21-3)10(13(18)20-2)12(22-16)9(17)5-8-15/h12H,4-8H2,1-3H3/t12-,15?,16-/m0/s1. The first-order valence-corrected chi connectivity index (χ1v) is 7.52. The van der Waals surface area contributed by atoms with Gasteiger partial charge in [0.1, 0.15) is 11.7 Å². The van der Waals surface area contributed by atoms with E-state index in [1.165, 1.54) is 14.2 Å². The van der Waals surface area contributed by atoms with Crippen molar-refractivity contribution in [2.45, 2.75) is 50.7 Å². The number of rotatable bonds is 2. The zero-order valence-corrected chi connectivity index (χ0v) is 13.1. The van der Waals surface area contributed by atoms with Crippen LogP contribution in [0.3, 0.4) is 0 Å². The Labute approximate surface area is 128 Å². The van der Waals surface area contributed by atoms with Gasteiger partial charge in [-0.3, -0.25) is 4.79 Å². The van der Waals surface area contributed by atoms with Crippen LogP contribution in [0.1, 0.15) is 39.0 Å². The first-order valence-electron chi connectivity index (χ1n) is 7.52. The van der Waals surface area contributed by atoms with Crippen molar-refractivity contribution in [3.8, 4) is 0 Å². The molecular weight excluding hydrogens is 288 g/mol. The number of ketones is 1. The summed E-state index contributed by atoms with van der Waals surface area (Å²) in [6.07, 6.45) is 2.32. The van der Waals surface area contributed by atoms with Gasteiger partial charge in [-0.25, -0.2) is 9.59 Å². The smallest absolute Gasteiger partial charge is 0.337 e. The van der Waals surface area contributed by atoms with E-state index >= 15 is 0 Å². The fourth-order valence-corrected chi connectivity index (χ4v) is 4.31. The molecule has 22 heavy (non-hydrogen) atoms. The van der Waals surface area contributed by atoms with E-state index in [-0.39, 0.29) is 22.3 Å². The molecule has 0 aromatic rings. The highest BCUT2D eigenvalue weighted by Crippen LogP contribution is 2.61. The number of ether oxygens (including phenoxy) is 3. The molecule has 1 saturated carbocycles. The fourth-order valence-electron chi connectivity index (χ4n) is 4.31. The SMILES string of the molecule is COC(=O)C1=C(C(=O)OC)[C@@]23CCCC2(C)CCC(=O)[C@@H]1O3. The molecule has 1 saturated heterocycles. The van der Waals surface area contributed by atoms with Gasteiger partial charge in [-0.1, -0.05) is 6.92 Å². The van der Waals surface area contributed by atoms with Gasteiger partial charge >= 0.3 is 11.9 Å². The highest BCUT2D eigenvalue weighted by Gasteiger charge is 2.66. The molecule has 0 aromatic heterocycles. The van der Waals surface area contributed by atoms with Crippen LogP contribution in [-0.4, -0.2) is 43.6 Å². The minimum Gasteiger partial charge on any atom is -0.466 e. The van der Waals surface area contributed by atoms with Crippen LogP contribution in [0.5, 0.6) is 0 Å². The van der Waals surface area contributed by atoms with Crippen molar-refractivity contribution in [2.24, 2.45) is 5.41 Å². The summed E-state index contributed by atoms with van der Waals surface area (Å²) in [6.45, 7) is 2.03. The topological polar surface area (TPSA) is 78.9 Å². The van der Waals surface area contributed by atoms with Crippen molar-refractivity contribution in [1.29, 1.82) is 0 Å². The Morgan fingerprint density at radius 3 is 2.45 bits per heavy atom. The van der Waals surface area contributed by atoms with E-state index in [0.717, 1.165) is 12.8 Å². The molecule has 3 aliphatic rings. The van der Waals surface area contributed by atoms with Gasteiger partial charge in [-0.2, -0.15) is 0 Å². The maximum atomic E-state index is 12.4. The van der Waals surface area contributed by atoms with E-state index in [0.29, 0.717) is 19.3 Å². The van der Waals surface area contributed by atoms with Crippen LogP contribution >= 0.6 is 0 Å². The number of Topliss-reactive ketones (excluding diaryl/α,β-unsaturated/α-hetero) is 1. The molecule has 2 heterocycles. The van der Waals surface area contributed by atoms with Gasteiger partial charge in [0.05, 0.1) is 25.4 Å². The summed E-state index contributed by atoms with van der Waals surface area (Å²) >= 11 is 0. The predicted molar refractivity (Wildman–Crippen MR) is 74.9 cm³/mol. The van der Waals surface area contributed by atoms with Crippen LogP contribution in [-0.2, 0) is 28.6 Å². The average Bonchev–Trinajstić information content (AvgIpc) is 3.00. The number of fused-ring (bicyclic) bond motifs is 1. The van der Waals surface area contributed by atoms with Crippen LogP contribution in [0.4, 0.5) is 0 Å². The molecule has 2 aliphatic heterocycles. The number of methoxy groups -OCH3 is 2. The van der Waals surface area contributed by atoms with Crippen molar-refractivity contribution in [3.05, 3.63) is 11.1 Å². The monoisotopic (exact) mass is 308 g/mol. The first kappa shape index (κ1) is 15.2. The Balaban J connectivity index is 2.27. The summed E-state index contributed by atoms with van der Waals surface area (Å²) in [5.41, 5.74) is -1.04. The van der Waals surface area contributed by atoms with Crippen molar-refractivity contribution in [3.63, 3.8) is 0 Å². The Morgan fingerprint density at radius 2 is 1.82 bits per heavy atom. The fraction of sp³-hybridized carbons (Fsp3) is 0.688. The predicted octanol–water partition coefficient (Wildman–Crippen LogP) is 1.32. The summed E-state index contributed by atoms with van der Waals surface area (Å²) < 4.78 is 15.8. The second-order valence-corrected chi connectivity index (χ2v) is 6.48. The molecule has 2 fully saturated rings. The number of carbonyl (C=O) groups excluding carboxylic acids is 3. The molecule has 6 nitrogen and oxygen atoms in total. The van der Waals surface area contributed by atoms with Gasteiger partial charge in [-0.05, 0) is 25.7 Å². The highest BCUT2D eigenvalue weighted by molar-refractivity contribution is 6.09.